The minimum Gasteiger partial charge on any atom is -0.466 e. The Morgan fingerprint density at radius 2 is 0.672 bits per heavy atom. The van der Waals surface area contributed by atoms with Gasteiger partial charge in [0.1, 0.15) is 0 Å². The molecule has 0 aromatic carbocycles. The molecule has 0 fully saturated rings. The summed E-state index contributed by atoms with van der Waals surface area (Å²) in [5.74, 6) is -0.0259. The van der Waals surface area contributed by atoms with Gasteiger partial charge in [0, 0.05) is 12.8 Å². The van der Waals surface area contributed by atoms with Crippen molar-refractivity contribution in [3.8, 4) is 0 Å². The van der Waals surface area contributed by atoms with E-state index in [9.17, 15) is 19.8 Å². The second-order valence-electron chi connectivity index (χ2n) is 19.3. The van der Waals surface area contributed by atoms with Crippen LogP contribution in [0.25, 0.3) is 0 Å². The van der Waals surface area contributed by atoms with Gasteiger partial charge in [-0.05, 0) is 25.7 Å². The summed E-state index contributed by atoms with van der Waals surface area (Å²) in [5.41, 5.74) is 0. The lowest BCUT2D eigenvalue weighted by Crippen LogP contribution is -2.45. The fraction of sp³-hybridized carbons (Fsp3) is 0.964. The molecule has 364 valence electrons. The summed E-state index contributed by atoms with van der Waals surface area (Å²) in [6.45, 7) is 4.96. The van der Waals surface area contributed by atoms with Gasteiger partial charge in [0.25, 0.3) is 0 Å². The molecule has 61 heavy (non-hydrogen) atoms. The van der Waals surface area contributed by atoms with Crippen LogP contribution < -0.4 is 5.32 Å². The van der Waals surface area contributed by atoms with Crippen LogP contribution in [0.3, 0.4) is 0 Å². The zero-order valence-electron chi connectivity index (χ0n) is 41.4. The van der Waals surface area contributed by atoms with Crippen LogP contribution in [0.4, 0.5) is 0 Å². The molecule has 0 rings (SSSR count). The van der Waals surface area contributed by atoms with Crippen molar-refractivity contribution < 1.29 is 24.5 Å². The summed E-state index contributed by atoms with van der Waals surface area (Å²) in [6, 6.07) is -0.541. The van der Waals surface area contributed by atoms with E-state index in [0.717, 1.165) is 38.5 Å². The summed E-state index contributed by atoms with van der Waals surface area (Å²) in [6.07, 6.45) is 58.0. The van der Waals surface area contributed by atoms with Crippen LogP contribution in [0.1, 0.15) is 316 Å². The molecule has 0 heterocycles. The molecule has 6 heteroatoms. The highest BCUT2D eigenvalue weighted by molar-refractivity contribution is 5.76. The molecule has 2 atom stereocenters. The average molecular weight is 864 g/mol. The molecular weight excluding hydrogens is 755 g/mol. The summed E-state index contributed by atoms with van der Waals surface area (Å²) >= 11 is 0. The van der Waals surface area contributed by atoms with Gasteiger partial charge in [0.2, 0.25) is 5.91 Å². The molecule has 2 unspecified atom stereocenters. The Balaban J connectivity index is 3.38. The van der Waals surface area contributed by atoms with Gasteiger partial charge in [0.15, 0.2) is 0 Å². The van der Waals surface area contributed by atoms with E-state index in [4.69, 9.17) is 4.74 Å². The van der Waals surface area contributed by atoms with E-state index in [0.29, 0.717) is 25.9 Å². The number of esters is 1. The Morgan fingerprint density at radius 1 is 0.393 bits per heavy atom. The Labute approximate surface area is 381 Å². The first-order valence-electron chi connectivity index (χ1n) is 27.8. The second-order valence-corrected chi connectivity index (χ2v) is 19.3. The zero-order valence-corrected chi connectivity index (χ0v) is 41.4. The SMILES string of the molecule is CCCCCCCCCCCCCCCC(O)C(CO)NC(=O)CCCCCCCCCCCCCCCCCCCCCOC(=O)CCCCCCCCCCCCCC. The number of hydrogen-bond acceptors (Lipinski definition) is 5. The third-order valence-corrected chi connectivity index (χ3v) is 13.2. The zero-order chi connectivity index (χ0) is 44.4. The van der Waals surface area contributed by atoms with Crippen molar-refractivity contribution in [1.29, 1.82) is 0 Å². The monoisotopic (exact) mass is 864 g/mol. The van der Waals surface area contributed by atoms with Gasteiger partial charge in [-0.25, -0.2) is 0 Å². The standard InChI is InChI=1S/C55H109NO5/c1-3-5-7-9-11-13-15-24-27-31-35-39-43-47-53(58)52(51-57)56-54(59)48-44-40-36-32-28-25-22-20-18-17-19-21-23-26-30-34-38-42-46-50-61-55(60)49-45-41-37-33-29-16-14-12-10-8-6-4-2/h52-53,57-58H,3-51H2,1-2H3,(H,56,59). The van der Waals surface area contributed by atoms with E-state index in [1.165, 1.54) is 244 Å². The minimum atomic E-state index is -0.664. The number of carbonyl (C=O) groups is 2. The maximum atomic E-state index is 12.4. The van der Waals surface area contributed by atoms with Crippen molar-refractivity contribution in [2.75, 3.05) is 13.2 Å². The first-order chi connectivity index (χ1) is 30.0. The number of nitrogens with one attached hydrogen (secondary N) is 1. The van der Waals surface area contributed by atoms with Crippen molar-refractivity contribution in [2.24, 2.45) is 0 Å². The van der Waals surface area contributed by atoms with Gasteiger partial charge < -0.3 is 20.3 Å². The van der Waals surface area contributed by atoms with Crippen molar-refractivity contribution >= 4 is 11.9 Å². The molecule has 0 bridgehead atoms. The number of unbranched alkanes of at least 4 members (excludes halogenated alkanes) is 41. The van der Waals surface area contributed by atoms with Crippen LogP contribution in [0.5, 0.6) is 0 Å². The van der Waals surface area contributed by atoms with Gasteiger partial charge in [0.05, 0.1) is 25.4 Å². The fourth-order valence-electron chi connectivity index (χ4n) is 8.88. The lowest BCUT2D eigenvalue weighted by molar-refractivity contribution is -0.143. The molecule has 0 aromatic heterocycles. The first kappa shape index (κ1) is 59.9. The summed E-state index contributed by atoms with van der Waals surface area (Å²) in [7, 11) is 0. The number of hydrogen-bond donors (Lipinski definition) is 3. The highest BCUT2D eigenvalue weighted by atomic mass is 16.5. The van der Waals surface area contributed by atoms with Gasteiger partial charge in [-0.1, -0.05) is 277 Å². The molecule has 0 aromatic rings. The van der Waals surface area contributed by atoms with Crippen LogP contribution in [-0.4, -0.2) is 47.4 Å². The Kier molecular flexibility index (Phi) is 50.5. The molecule has 0 aliphatic heterocycles. The predicted molar refractivity (Wildman–Crippen MR) is 264 cm³/mol. The third-order valence-electron chi connectivity index (χ3n) is 13.2. The Bertz CT molecular complexity index is 867. The highest BCUT2D eigenvalue weighted by Gasteiger charge is 2.20. The first-order valence-corrected chi connectivity index (χ1v) is 27.8. The van der Waals surface area contributed by atoms with Crippen molar-refractivity contribution in [2.45, 2.75) is 328 Å². The van der Waals surface area contributed by atoms with Gasteiger partial charge in [-0.15, -0.1) is 0 Å². The number of rotatable bonds is 52. The molecular formula is C55H109NO5. The lowest BCUT2D eigenvalue weighted by Gasteiger charge is -2.22. The van der Waals surface area contributed by atoms with E-state index in [2.05, 4.69) is 19.2 Å². The molecule has 1 amide bonds. The van der Waals surface area contributed by atoms with Crippen LogP contribution in [0.2, 0.25) is 0 Å². The molecule has 6 nitrogen and oxygen atoms in total. The van der Waals surface area contributed by atoms with Crippen LogP contribution in [-0.2, 0) is 14.3 Å². The number of aliphatic hydroxyl groups is 2. The Hall–Kier alpha value is -1.14. The van der Waals surface area contributed by atoms with Gasteiger partial charge in [-0.2, -0.15) is 0 Å². The van der Waals surface area contributed by atoms with Crippen LogP contribution >= 0.6 is 0 Å². The van der Waals surface area contributed by atoms with Gasteiger partial charge >= 0.3 is 5.97 Å². The lowest BCUT2D eigenvalue weighted by atomic mass is 10.0. The summed E-state index contributed by atoms with van der Waals surface area (Å²) in [5, 5.41) is 23.2. The normalized spacial score (nSPS) is 12.5. The number of aliphatic hydroxyl groups excluding tert-OH is 2. The number of carbonyl (C=O) groups excluding carboxylic acids is 2. The summed E-state index contributed by atoms with van der Waals surface area (Å²) < 4.78 is 5.47. The predicted octanol–water partition coefficient (Wildman–Crippen LogP) is 16.7. The van der Waals surface area contributed by atoms with Crippen LogP contribution in [0.15, 0.2) is 0 Å². The molecule has 0 aliphatic rings. The third kappa shape index (κ3) is 48.2. The van der Waals surface area contributed by atoms with Crippen molar-refractivity contribution in [3.63, 3.8) is 0 Å². The van der Waals surface area contributed by atoms with E-state index in [-0.39, 0.29) is 18.5 Å². The molecule has 0 saturated carbocycles. The highest BCUT2D eigenvalue weighted by Crippen LogP contribution is 2.18. The van der Waals surface area contributed by atoms with E-state index < -0.39 is 12.1 Å². The average Bonchev–Trinajstić information content (AvgIpc) is 3.26. The largest absolute Gasteiger partial charge is 0.466 e. The molecule has 0 aliphatic carbocycles. The molecule has 0 spiro atoms. The number of amides is 1. The Morgan fingerprint density at radius 3 is 1.00 bits per heavy atom. The molecule has 0 saturated heterocycles. The quantitative estimate of drug-likeness (QED) is 0.0418. The van der Waals surface area contributed by atoms with E-state index >= 15 is 0 Å². The minimum absolute atomic E-state index is 0.0104. The number of ether oxygens (including phenoxy) is 1. The van der Waals surface area contributed by atoms with Crippen LogP contribution in [0, 0.1) is 0 Å². The topological polar surface area (TPSA) is 95.9 Å². The fourth-order valence-corrected chi connectivity index (χ4v) is 8.88. The van der Waals surface area contributed by atoms with E-state index in [1.54, 1.807) is 0 Å². The smallest absolute Gasteiger partial charge is 0.305 e. The van der Waals surface area contributed by atoms with Crippen molar-refractivity contribution in [1.82, 2.24) is 5.32 Å². The van der Waals surface area contributed by atoms with E-state index in [1.807, 2.05) is 0 Å². The second kappa shape index (κ2) is 51.5. The van der Waals surface area contributed by atoms with Crippen molar-refractivity contribution in [3.05, 3.63) is 0 Å². The maximum absolute atomic E-state index is 12.4. The summed E-state index contributed by atoms with van der Waals surface area (Å²) in [4.78, 5) is 24.4. The molecule has 0 radical (unpaired) electrons. The maximum Gasteiger partial charge on any atom is 0.305 e. The molecule has 3 N–H and O–H groups in total. The van der Waals surface area contributed by atoms with Gasteiger partial charge in [-0.3, -0.25) is 9.59 Å².